The van der Waals surface area contributed by atoms with Gasteiger partial charge in [-0.3, -0.25) is 4.79 Å². The Kier molecular flexibility index (Phi) is 3.71. The van der Waals surface area contributed by atoms with Crippen LogP contribution in [0.5, 0.6) is 0 Å². The third-order valence-corrected chi connectivity index (χ3v) is 1.80. The van der Waals surface area contributed by atoms with Crippen molar-refractivity contribution in [2.45, 2.75) is 12.8 Å². The number of Topliss-reactive ketones (excluding diaryl/α,β-unsaturated/α-hetero) is 1. The number of benzene rings is 1. The van der Waals surface area contributed by atoms with E-state index in [1.807, 2.05) is 0 Å². The summed E-state index contributed by atoms with van der Waals surface area (Å²) in [5, 5.41) is 8.46. The summed E-state index contributed by atoms with van der Waals surface area (Å²) in [6.07, 6.45) is 0.168. The number of halogens is 2. The van der Waals surface area contributed by atoms with E-state index in [0.29, 0.717) is 0 Å². The molecule has 2 nitrogen and oxygen atoms in total. The van der Waals surface area contributed by atoms with Crippen LogP contribution in [-0.2, 0) is 0 Å². The van der Waals surface area contributed by atoms with Crippen molar-refractivity contribution >= 4 is 5.78 Å². The van der Waals surface area contributed by atoms with E-state index < -0.39 is 23.0 Å². The molecule has 0 bridgehead atoms. The summed E-state index contributed by atoms with van der Waals surface area (Å²) in [5.41, 5.74) is -0.513. The molecule has 0 heterocycles. The molecular formula is C10H10F2O2. The van der Waals surface area contributed by atoms with Gasteiger partial charge in [0, 0.05) is 13.0 Å². The molecule has 0 aromatic heterocycles. The van der Waals surface area contributed by atoms with Crippen LogP contribution >= 0.6 is 0 Å². The maximum atomic E-state index is 13.0. The predicted octanol–water partition coefficient (Wildman–Crippen LogP) is 1.92. The summed E-state index contributed by atoms with van der Waals surface area (Å²) in [6, 6.07) is 3.28. The lowest BCUT2D eigenvalue weighted by Gasteiger charge is -2.02. The van der Waals surface area contributed by atoms with E-state index in [1.54, 1.807) is 0 Å². The van der Waals surface area contributed by atoms with Crippen molar-refractivity contribution < 1.29 is 18.7 Å². The molecule has 0 radical (unpaired) electrons. The molecule has 14 heavy (non-hydrogen) atoms. The second kappa shape index (κ2) is 4.81. The highest BCUT2D eigenvalue weighted by Gasteiger charge is 2.15. The van der Waals surface area contributed by atoms with Crippen LogP contribution in [0, 0.1) is 11.6 Å². The smallest absolute Gasteiger partial charge is 0.168 e. The number of rotatable bonds is 4. The van der Waals surface area contributed by atoms with E-state index in [1.165, 1.54) is 6.07 Å². The van der Waals surface area contributed by atoms with E-state index in [4.69, 9.17) is 5.11 Å². The van der Waals surface area contributed by atoms with Crippen LogP contribution in [0.1, 0.15) is 23.2 Å². The van der Waals surface area contributed by atoms with Crippen LogP contribution in [-0.4, -0.2) is 17.5 Å². The quantitative estimate of drug-likeness (QED) is 0.754. The summed E-state index contributed by atoms with van der Waals surface area (Å²) >= 11 is 0. The topological polar surface area (TPSA) is 37.3 Å². The Bertz CT molecular complexity index is 317. The SMILES string of the molecule is O=C(CCCO)c1c(F)cccc1F. The van der Waals surface area contributed by atoms with Crippen LogP contribution < -0.4 is 0 Å². The van der Waals surface area contributed by atoms with Gasteiger partial charge in [0.25, 0.3) is 0 Å². The van der Waals surface area contributed by atoms with Crippen molar-refractivity contribution in [3.05, 3.63) is 35.4 Å². The minimum Gasteiger partial charge on any atom is -0.396 e. The number of carbonyl (C=O) groups is 1. The maximum Gasteiger partial charge on any atom is 0.168 e. The molecule has 1 aromatic carbocycles. The summed E-state index contributed by atoms with van der Waals surface area (Å²) < 4.78 is 26.0. The lowest BCUT2D eigenvalue weighted by atomic mass is 10.1. The van der Waals surface area contributed by atoms with Crippen molar-refractivity contribution in [3.63, 3.8) is 0 Å². The van der Waals surface area contributed by atoms with Crippen molar-refractivity contribution in [1.29, 1.82) is 0 Å². The monoisotopic (exact) mass is 200 g/mol. The van der Waals surface area contributed by atoms with Gasteiger partial charge >= 0.3 is 0 Å². The molecule has 4 heteroatoms. The molecule has 0 amide bonds. The van der Waals surface area contributed by atoms with Crippen LogP contribution in [0.3, 0.4) is 0 Å². The zero-order valence-corrected chi connectivity index (χ0v) is 7.46. The molecule has 0 unspecified atom stereocenters. The number of aliphatic hydroxyl groups excluding tert-OH is 1. The molecule has 0 aliphatic heterocycles. The normalized spacial score (nSPS) is 10.2. The average Bonchev–Trinajstić information content (AvgIpc) is 2.14. The first-order valence-electron chi connectivity index (χ1n) is 4.25. The lowest BCUT2D eigenvalue weighted by Crippen LogP contribution is -2.06. The summed E-state index contributed by atoms with van der Waals surface area (Å²) in [4.78, 5) is 11.3. The summed E-state index contributed by atoms with van der Waals surface area (Å²) in [7, 11) is 0. The van der Waals surface area contributed by atoms with Gasteiger partial charge in [0.15, 0.2) is 5.78 Å². The Morgan fingerprint density at radius 1 is 1.29 bits per heavy atom. The minimum absolute atomic E-state index is 0.0473. The zero-order chi connectivity index (χ0) is 10.6. The Morgan fingerprint density at radius 2 is 1.86 bits per heavy atom. The highest BCUT2D eigenvalue weighted by atomic mass is 19.1. The molecule has 0 aliphatic carbocycles. The first-order valence-corrected chi connectivity index (χ1v) is 4.25. The standard InChI is InChI=1S/C10H10F2O2/c11-7-3-1-4-8(12)10(7)9(14)5-2-6-13/h1,3-4,13H,2,5-6H2. The molecule has 1 rings (SSSR count). The fraction of sp³-hybridized carbons (Fsp3) is 0.300. The largest absolute Gasteiger partial charge is 0.396 e. The van der Waals surface area contributed by atoms with Crippen LogP contribution in [0.4, 0.5) is 8.78 Å². The molecule has 0 aliphatic rings. The Balaban J connectivity index is 2.89. The maximum absolute atomic E-state index is 13.0. The van der Waals surface area contributed by atoms with Crippen molar-refractivity contribution in [2.24, 2.45) is 0 Å². The average molecular weight is 200 g/mol. The third kappa shape index (κ3) is 2.35. The van der Waals surface area contributed by atoms with Crippen molar-refractivity contribution in [2.75, 3.05) is 6.61 Å². The second-order valence-electron chi connectivity index (χ2n) is 2.85. The van der Waals surface area contributed by atoms with E-state index >= 15 is 0 Å². The highest BCUT2D eigenvalue weighted by Crippen LogP contribution is 2.14. The van der Waals surface area contributed by atoms with E-state index in [-0.39, 0.29) is 19.4 Å². The van der Waals surface area contributed by atoms with Gasteiger partial charge in [-0.2, -0.15) is 0 Å². The van der Waals surface area contributed by atoms with Crippen LogP contribution in [0.25, 0.3) is 0 Å². The number of carbonyl (C=O) groups excluding carboxylic acids is 1. The molecular weight excluding hydrogens is 190 g/mol. The van der Waals surface area contributed by atoms with E-state index in [2.05, 4.69) is 0 Å². The molecule has 0 saturated heterocycles. The van der Waals surface area contributed by atoms with Crippen LogP contribution in [0.2, 0.25) is 0 Å². The lowest BCUT2D eigenvalue weighted by molar-refractivity contribution is 0.0963. The molecule has 0 saturated carbocycles. The number of ketones is 1. The van der Waals surface area contributed by atoms with Crippen molar-refractivity contribution in [1.82, 2.24) is 0 Å². The van der Waals surface area contributed by atoms with Gasteiger partial charge in [-0.15, -0.1) is 0 Å². The highest BCUT2D eigenvalue weighted by molar-refractivity contribution is 5.96. The fourth-order valence-corrected chi connectivity index (χ4v) is 1.13. The number of hydrogen-bond acceptors (Lipinski definition) is 2. The molecule has 1 N–H and O–H groups in total. The van der Waals surface area contributed by atoms with Gasteiger partial charge in [-0.25, -0.2) is 8.78 Å². The Hall–Kier alpha value is -1.29. The van der Waals surface area contributed by atoms with Gasteiger partial charge in [0.05, 0.1) is 5.56 Å². The van der Waals surface area contributed by atoms with Crippen molar-refractivity contribution in [3.8, 4) is 0 Å². The molecule has 76 valence electrons. The van der Waals surface area contributed by atoms with E-state index in [0.717, 1.165) is 12.1 Å². The van der Waals surface area contributed by atoms with E-state index in [9.17, 15) is 13.6 Å². The third-order valence-electron chi connectivity index (χ3n) is 1.80. The Labute approximate surface area is 80.2 Å². The van der Waals surface area contributed by atoms with Gasteiger partial charge in [-0.05, 0) is 18.6 Å². The molecule has 1 aromatic rings. The minimum atomic E-state index is -0.854. The van der Waals surface area contributed by atoms with Gasteiger partial charge in [0.1, 0.15) is 11.6 Å². The first kappa shape index (κ1) is 10.8. The molecule has 0 atom stereocenters. The van der Waals surface area contributed by atoms with Gasteiger partial charge in [0.2, 0.25) is 0 Å². The second-order valence-corrected chi connectivity index (χ2v) is 2.85. The first-order chi connectivity index (χ1) is 6.66. The number of aliphatic hydroxyl groups is 1. The van der Waals surface area contributed by atoms with Gasteiger partial charge in [-0.1, -0.05) is 6.07 Å². The summed E-state index contributed by atoms with van der Waals surface area (Å²) in [6.45, 7) is -0.165. The molecule has 0 fully saturated rings. The number of hydrogen-bond donors (Lipinski definition) is 1. The Morgan fingerprint density at radius 3 is 2.36 bits per heavy atom. The van der Waals surface area contributed by atoms with Gasteiger partial charge < -0.3 is 5.11 Å². The summed E-state index contributed by atoms with van der Waals surface area (Å²) in [5.74, 6) is -2.32. The fourth-order valence-electron chi connectivity index (χ4n) is 1.13. The zero-order valence-electron chi connectivity index (χ0n) is 7.46. The molecule has 0 spiro atoms. The van der Waals surface area contributed by atoms with Crippen LogP contribution in [0.15, 0.2) is 18.2 Å². The predicted molar refractivity (Wildman–Crippen MR) is 47.0 cm³/mol.